The standard InChI is InChI=1S/C18H20N2O4/c1-3-11(2)19-18(23)13-8-9-16(21)20(13)14-10-17(22)24-15-7-5-4-6-12(14)15/h4-7,10-11,13H,3,8-9H2,1-2H3,(H,19,23)/t11-,13+/m1/s1. The molecular formula is C18H20N2O4. The summed E-state index contributed by atoms with van der Waals surface area (Å²) in [6.45, 7) is 3.91. The number of rotatable bonds is 4. The molecule has 1 aromatic carbocycles. The fraction of sp³-hybridized carbons (Fsp3) is 0.389. The van der Waals surface area contributed by atoms with Crippen molar-refractivity contribution in [2.45, 2.75) is 45.2 Å². The molecule has 1 aromatic heterocycles. The Bertz CT molecular complexity index is 842. The van der Waals surface area contributed by atoms with Crippen molar-refractivity contribution in [1.29, 1.82) is 0 Å². The van der Waals surface area contributed by atoms with Crippen LogP contribution in [0, 0.1) is 0 Å². The van der Waals surface area contributed by atoms with Crippen molar-refractivity contribution in [2.24, 2.45) is 0 Å². The maximum atomic E-state index is 12.6. The van der Waals surface area contributed by atoms with Crippen LogP contribution in [-0.4, -0.2) is 23.9 Å². The molecule has 1 aliphatic heterocycles. The van der Waals surface area contributed by atoms with E-state index in [9.17, 15) is 14.4 Å². The van der Waals surface area contributed by atoms with E-state index in [2.05, 4.69) is 5.32 Å². The molecule has 2 atom stereocenters. The van der Waals surface area contributed by atoms with Crippen LogP contribution >= 0.6 is 0 Å². The fourth-order valence-corrected chi connectivity index (χ4v) is 2.97. The highest BCUT2D eigenvalue weighted by Crippen LogP contribution is 2.32. The Hall–Kier alpha value is -2.63. The largest absolute Gasteiger partial charge is 0.423 e. The van der Waals surface area contributed by atoms with Gasteiger partial charge in [0.25, 0.3) is 0 Å². The first-order chi connectivity index (χ1) is 11.5. The minimum atomic E-state index is -0.600. The van der Waals surface area contributed by atoms with E-state index in [1.165, 1.54) is 11.0 Å². The zero-order valence-corrected chi connectivity index (χ0v) is 13.7. The molecule has 24 heavy (non-hydrogen) atoms. The molecule has 0 unspecified atom stereocenters. The van der Waals surface area contributed by atoms with E-state index in [1.807, 2.05) is 13.8 Å². The van der Waals surface area contributed by atoms with Crippen LogP contribution in [0.3, 0.4) is 0 Å². The number of carbonyl (C=O) groups excluding carboxylic acids is 2. The molecular weight excluding hydrogens is 308 g/mol. The first kappa shape index (κ1) is 16.2. The lowest BCUT2D eigenvalue weighted by molar-refractivity contribution is -0.124. The number of amides is 2. The van der Waals surface area contributed by atoms with Gasteiger partial charge in [0.2, 0.25) is 11.8 Å². The van der Waals surface area contributed by atoms with Crippen LogP contribution in [0.1, 0.15) is 33.1 Å². The van der Waals surface area contributed by atoms with Gasteiger partial charge in [0.1, 0.15) is 11.6 Å². The molecule has 1 fully saturated rings. The van der Waals surface area contributed by atoms with Gasteiger partial charge in [-0.05, 0) is 31.9 Å². The van der Waals surface area contributed by atoms with Crippen molar-refractivity contribution < 1.29 is 14.0 Å². The second-order valence-electron chi connectivity index (χ2n) is 6.08. The molecule has 0 spiro atoms. The molecule has 2 amide bonds. The number of fused-ring (bicyclic) bond motifs is 1. The number of benzene rings is 1. The lowest BCUT2D eigenvalue weighted by Gasteiger charge is -2.26. The Labute approximate surface area is 139 Å². The third-order valence-electron chi connectivity index (χ3n) is 4.40. The molecule has 0 saturated carbocycles. The summed E-state index contributed by atoms with van der Waals surface area (Å²) in [7, 11) is 0. The summed E-state index contributed by atoms with van der Waals surface area (Å²) >= 11 is 0. The maximum Gasteiger partial charge on any atom is 0.338 e. The summed E-state index contributed by atoms with van der Waals surface area (Å²) < 4.78 is 5.18. The molecule has 1 aliphatic rings. The highest BCUT2D eigenvalue weighted by molar-refractivity contribution is 6.08. The smallest absolute Gasteiger partial charge is 0.338 e. The average Bonchev–Trinajstić information content (AvgIpc) is 2.95. The number of anilines is 1. The van der Waals surface area contributed by atoms with Gasteiger partial charge in [-0.2, -0.15) is 0 Å². The summed E-state index contributed by atoms with van der Waals surface area (Å²) in [6.07, 6.45) is 1.53. The van der Waals surface area contributed by atoms with Crippen LogP contribution in [-0.2, 0) is 9.59 Å². The van der Waals surface area contributed by atoms with Crippen LogP contribution in [0.25, 0.3) is 11.0 Å². The summed E-state index contributed by atoms with van der Waals surface area (Å²) in [5.74, 6) is -0.345. The molecule has 2 aromatic rings. The van der Waals surface area contributed by atoms with Crippen LogP contribution in [0.2, 0.25) is 0 Å². The highest BCUT2D eigenvalue weighted by atomic mass is 16.4. The van der Waals surface area contributed by atoms with Crippen molar-refractivity contribution in [2.75, 3.05) is 4.90 Å². The van der Waals surface area contributed by atoms with E-state index in [-0.39, 0.29) is 24.3 Å². The van der Waals surface area contributed by atoms with Crippen molar-refractivity contribution in [1.82, 2.24) is 5.32 Å². The Balaban J connectivity index is 2.04. The van der Waals surface area contributed by atoms with Gasteiger partial charge in [-0.25, -0.2) is 4.79 Å². The monoisotopic (exact) mass is 328 g/mol. The number of nitrogens with zero attached hydrogens (tertiary/aromatic N) is 1. The van der Waals surface area contributed by atoms with Gasteiger partial charge in [-0.1, -0.05) is 19.1 Å². The number of para-hydroxylation sites is 1. The lowest BCUT2D eigenvalue weighted by Crippen LogP contribution is -2.47. The number of hydrogen-bond acceptors (Lipinski definition) is 4. The minimum absolute atomic E-state index is 0.0349. The first-order valence-electron chi connectivity index (χ1n) is 8.16. The Morgan fingerprint density at radius 3 is 2.88 bits per heavy atom. The van der Waals surface area contributed by atoms with Gasteiger partial charge in [-0.3, -0.25) is 14.5 Å². The van der Waals surface area contributed by atoms with Crippen LogP contribution in [0.15, 0.2) is 39.5 Å². The molecule has 1 saturated heterocycles. The SMILES string of the molecule is CC[C@@H](C)NC(=O)[C@@H]1CCC(=O)N1c1cc(=O)oc2ccccc12. The van der Waals surface area contributed by atoms with E-state index in [4.69, 9.17) is 4.42 Å². The molecule has 6 heteroatoms. The third-order valence-corrected chi connectivity index (χ3v) is 4.40. The van der Waals surface area contributed by atoms with Gasteiger partial charge in [0.05, 0.1) is 5.69 Å². The van der Waals surface area contributed by atoms with Gasteiger partial charge in [-0.15, -0.1) is 0 Å². The van der Waals surface area contributed by atoms with E-state index >= 15 is 0 Å². The quantitative estimate of drug-likeness (QED) is 0.873. The first-order valence-corrected chi connectivity index (χ1v) is 8.16. The van der Waals surface area contributed by atoms with E-state index in [0.29, 0.717) is 23.1 Å². The summed E-state index contributed by atoms with van der Waals surface area (Å²) in [5, 5.41) is 3.57. The van der Waals surface area contributed by atoms with Gasteiger partial charge in [0, 0.05) is 23.9 Å². The minimum Gasteiger partial charge on any atom is -0.423 e. The van der Waals surface area contributed by atoms with E-state index in [0.717, 1.165) is 6.42 Å². The molecule has 1 N–H and O–H groups in total. The van der Waals surface area contributed by atoms with Crippen molar-refractivity contribution >= 4 is 28.5 Å². The Morgan fingerprint density at radius 1 is 1.38 bits per heavy atom. The summed E-state index contributed by atoms with van der Waals surface area (Å²) in [6, 6.07) is 7.74. The molecule has 0 bridgehead atoms. The second kappa shape index (κ2) is 6.47. The molecule has 126 valence electrons. The Morgan fingerprint density at radius 2 is 2.12 bits per heavy atom. The highest BCUT2D eigenvalue weighted by Gasteiger charge is 2.38. The predicted molar refractivity (Wildman–Crippen MR) is 90.9 cm³/mol. The fourth-order valence-electron chi connectivity index (χ4n) is 2.97. The third kappa shape index (κ3) is 2.91. The maximum absolute atomic E-state index is 12.6. The molecule has 0 radical (unpaired) electrons. The second-order valence-corrected chi connectivity index (χ2v) is 6.08. The molecule has 2 heterocycles. The van der Waals surface area contributed by atoms with Crippen molar-refractivity contribution in [3.05, 3.63) is 40.8 Å². The van der Waals surface area contributed by atoms with Gasteiger partial charge >= 0.3 is 5.63 Å². The molecule has 0 aliphatic carbocycles. The zero-order chi connectivity index (χ0) is 17.3. The number of nitrogens with one attached hydrogen (secondary N) is 1. The number of carbonyl (C=O) groups is 2. The van der Waals surface area contributed by atoms with E-state index < -0.39 is 11.7 Å². The van der Waals surface area contributed by atoms with Gasteiger partial charge < -0.3 is 9.73 Å². The average molecular weight is 328 g/mol. The predicted octanol–water partition coefficient (Wildman–Crippen LogP) is 2.20. The van der Waals surface area contributed by atoms with Gasteiger partial charge in [0.15, 0.2) is 0 Å². The van der Waals surface area contributed by atoms with Crippen LogP contribution in [0.4, 0.5) is 5.69 Å². The summed E-state index contributed by atoms with van der Waals surface area (Å²) in [4.78, 5) is 38.3. The normalized spacial score (nSPS) is 18.8. The Kier molecular flexibility index (Phi) is 4.38. The van der Waals surface area contributed by atoms with Crippen molar-refractivity contribution in [3.8, 4) is 0 Å². The number of hydrogen-bond donors (Lipinski definition) is 1. The van der Waals surface area contributed by atoms with E-state index in [1.54, 1.807) is 24.3 Å². The zero-order valence-electron chi connectivity index (χ0n) is 13.7. The topological polar surface area (TPSA) is 79.6 Å². The van der Waals surface area contributed by atoms with Crippen molar-refractivity contribution in [3.63, 3.8) is 0 Å². The van der Waals surface area contributed by atoms with Crippen LogP contribution < -0.4 is 15.8 Å². The molecule has 6 nitrogen and oxygen atoms in total. The molecule has 3 rings (SSSR count). The summed E-state index contributed by atoms with van der Waals surface area (Å²) in [5.41, 5.74) is 0.305. The van der Waals surface area contributed by atoms with Crippen LogP contribution in [0.5, 0.6) is 0 Å². The lowest BCUT2D eigenvalue weighted by atomic mass is 10.1.